The van der Waals surface area contributed by atoms with Gasteiger partial charge in [-0.1, -0.05) is 0 Å². The number of allylic oxidation sites excluding steroid dienone is 1. The molecule has 162 valence electrons. The van der Waals surface area contributed by atoms with E-state index < -0.39 is 5.97 Å². The summed E-state index contributed by atoms with van der Waals surface area (Å²) in [6.07, 6.45) is 4.88. The number of esters is 1. The van der Waals surface area contributed by atoms with Crippen LogP contribution >= 0.6 is 0 Å². The van der Waals surface area contributed by atoms with Crippen molar-refractivity contribution in [2.24, 2.45) is 0 Å². The molecule has 0 saturated heterocycles. The minimum Gasteiger partial charge on any atom is -0.493 e. The number of ketones is 1. The highest BCUT2D eigenvalue weighted by Gasteiger charge is 2.28. The van der Waals surface area contributed by atoms with Crippen LogP contribution in [0.4, 0.5) is 0 Å². The molecule has 0 atom stereocenters. The molecule has 0 aliphatic carbocycles. The third-order valence-electron chi connectivity index (χ3n) is 4.76. The highest BCUT2D eigenvalue weighted by Crippen LogP contribution is 2.39. The van der Waals surface area contributed by atoms with Crippen LogP contribution in [0.15, 0.2) is 60.6 Å². The summed E-state index contributed by atoms with van der Waals surface area (Å²) in [5, 5.41) is 0. The summed E-state index contributed by atoms with van der Waals surface area (Å²) < 4.78 is 27.0. The second kappa shape index (κ2) is 8.81. The maximum Gasteiger partial charge on any atom is 0.343 e. The van der Waals surface area contributed by atoms with Crippen LogP contribution in [0.1, 0.15) is 26.3 Å². The van der Waals surface area contributed by atoms with E-state index in [-0.39, 0.29) is 22.9 Å². The summed E-state index contributed by atoms with van der Waals surface area (Å²) in [5.74, 6) is 0.843. The van der Waals surface area contributed by atoms with Crippen molar-refractivity contribution in [3.8, 4) is 28.7 Å². The highest BCUT2D eigenvalue weighted by molar-refractivity contribution is 6.14. The SMILES string of the molecule is COc1cc(C(=O)Oc2ccc3c(c2)O/C(=C\c2ccncc2)C3=O)cc(OC)c1OC. The van der Waals surface area contributed by atoms with Gasteiger partial charge in [0.05, 0.1) is 32.5 Å². The molecule has 0 saturated carbocycles. The van der Waals surface area contributed by atoms with Gasteiger partial charge in [0.25, 0.3) is 0 Å². The molecule has 1 aliphatic rings. The lowest BCUT2D eigenvalue weighted by Crippen LogP contribution is -2.09. The number of rotatable bonds is 6. The number of fused-ring (bicyclic) bond motifs is 1. The Labute approximate surface area is 184 Å². The zero-order chi connectivity index (χ0) is 22.7. The predicted octanol–water partition coefficient (Wildman–Crippen LogP) is 3.94. The van der Waals surface area contributed by atoms with Crippen LogP contribution in [0, 0.1) is 0 Å². The zero-order valence-corrected chi connectivity index (χ0v) is 17.6. The van der Waals surface area contributed by atoms with Gasteiger partial charge in [0.15, 0.2) is 17.3 Å². The lowest BCUT2D eigenvalue weighted by Gasteiger charge is -2.13. The van der Waals surface area contributed by atoms with Gasteiger partial charge in [-0.3, -0.25) is 9.78 Å². The minimum atomic E-state index is -0.638. The van der Waals surface area contributed by atoms with E-state index >= 15 is 0 Å². The topological polar surface area (TPSA) is 93.2 Å². The van der Waals surface area contributed by atoms with Crippen molar-refractivity contribution in [3.63, 3.8) is 0 Å². The molecule has 0 spiro atoms. The van der Waals surface area contributed by atoms with Crippen LogP contribution < -0.4 is 23.7 Å². The second-order valence-electron chi connectivity index (χ2n) is 6.68. The number of hydrogen-bond acceptors (Lipinski definition) is 8. The molecule has 3 aromatic rings. The summed E-state index contributed by atoms with van der Waals surface area (Å²) in [6, 6.07) is 11.1. The monoisotopic (exact) mass is 433 g/mol. The molecule has 8 nitrogen and oxygen atoms in total. The minimum absolute atomic E-state index is 0.180. The van der Waals surface area contributed by atoms with E-state index in [1.165, 1.54) is 45.6 Å². The van der Waals surface area contributed by atoms with E-state index in [1.807, 2.05) is 0 Å². The third-order valence-corrected chi connectivity index (χ3v) is 4.76. The molecule has 1 aliphatic heterocycles. The van der Waals surface area contributed by atoms with Crippen LogP contribution in [-0.2, 0) is 0 Å². The first kappa shape index (κ1) is 20.9. The first-order valence-corrected chi connectivity index (χ1v) is 9.54. The van der Waals surface area contributed by atoms with E-state index in [1.54, 1.807) is 36.7 Å². The molecule has 0 radical (unpaired) electrons. The van der Waals surface area contributed by atoms with Crippen LogP contribution in [-0.4, -0.2) is 38.1 Å². The van der Waals surface area contributed by atoms with Crippen LogP contribution in [0.25, 0.3) is 6.08 Å². The summed E-state index contributed by atoms with van der Waals surface area (Å²) >= 11 is 0. The first-order valence-electron chi connectivity index (χ1n) is 9.54. The molecule has 8 heteroatoms. The van der Waals surface area contributed by atoms with Gasteiger partial charge in [-0.25, -0.2) is 4.79 Å². The normalized spacial score (nSPS) is 13.3. The van der Waals surface area contributed by atoms with Crippen LogP contribution in [0.5, 0.6) is 28.7 Å². The Morgan fingerprint density at radius 2 is 1.62 bits per heavy atom. The van der Waals surface area contributed by atoms with Gasteiger partial charge in [0, 0.05) is 18.5 Å². The first-order chi connectivity index (χ1) is 15.5. The van der Waals surface area contributed by atoms with Gasteiger partial charge in [0.2, 0.25) is 11.5 Å². The van der Waals surface area contributed by atoms with E-state index in [0.717, 1.165) is 5.56 Å². The van der Waals surface area contributed by atoms with E-state index in [0.29, 0.717) is 28.6 Å². The number of carbonyl (C=O) groups excluding carboxylic acids is 2. The summed E-state index contributed by atoms with van der Waals surface area (Å²) in [4.78, 5) is 29.3. The maximum absolute atomic E-state index is 12.7. The van der Waals surface area contributed by atoms with Crippen molar-refractivity contribution in [1.82, 2.24) is 4.98 Å². The van der Waals surface area contributed by atoms with Crippen LogP contribution in [0.3, 0.4) is 0 Å². The summed E-state index contributed by atoms with van der Waals surface area (Å²) in [7, 11) is 4.39. The van der Waals surface area contributed by atoms with Gasteiger partial charge in [-0.05, 0) is 48.0 Å². The number of pyridine rings is 1. The molecule has 1 aromatic heterocycles. The van der Waals surface area contributed by atoms with Crippen molar-refractivity contribution in [1.29, 1.82) is 0 Å². The van der Waals surface area contributed by atoms with Crippen molar-refractivity contribution in [2.45, 2.75) is 0 Å². The van der Waals surface area contributed by atoms with Crippen LogP contribution in [0.2, 0.25) is 0 Å². The molecule has 32 heavy (non-hydrogen) atoms. The molecular weight excluding hydrogens is 414 g/mol. The lowest BCUT2D eigenvalue weighted by molar-refractivity contribution is 0.0733. The van der Waals surface area contributed by atoms with Gasteiger partial charge >= 0.3 is 5.97 Å². The largest absolute Gasteiger partial charge is 0.493 e. The maximum atomic E-state index is 12.7. The fourth-order valence-electron chi connectivity index (χ4n) is 3.21. The standard InChI is InChI=1S/C24H19NO7/c1-28-20-11-15(12-21(29-2)23(20)30-3)24(27)31-16-4-5-17-18(13-16)32-19(22(17)26)10-14-6-8-25-9-7-14/h4-13H,1-3H3/b19-10-. The summed E-state index contributed by atoms with van der Waals surface area (Å²) in [6.45, 7) is 0. The average Bonchev–Trinajstić information content (AvgIpc) is 3.12. The number of methoxy groups -OCH3 is 3. The average molecular weight is 433 g/mol. The molecule has 0 N–H and O–H groups in total. The lowest BCUT2D eigenvalue weighted by atomic mass is 10.1. The summed E-state index contributed by atoms with van der Waals surface area (Å²) in [5.41, 5.74) is 1.37. The Hall–Kier alpha value is -4.33. The van der Waals surface area contributed by atoms with Crippen molar-refractivity contribution in [3.05, 3.63) is 77.3 Å². The fraction of sp³-hybridized carbons (Fsp3) is 0.125. The molecule has 0 unspecified atom stereocenters. The quantitative estimate of drug-likeness (QED) is 0.328. The smallest absolute Gasteiger partial charge is 0.343 e. The van der Waals surface area contributed by atoms with Gasteiger partial charge in [-0.2, -0.15) is 0 Å². The molecule has 4 rings (SSSR count). The Balaban J connectivity index is 1.57. The molecular formula is C24H19NO7. The number of nitrogens with zero attached hydrogens (tertiary/aromatic N) is 1. The number of Topliss-reactive ketones (excluding diaryl/α,β-unsaturated/α-hetero) is 1. The van der Waals surface area contributed by atoms with Gasteiger partial charge < -0.3 is 23.7 Å². The Kier molecular flexibility index (Phi) is 5.76. The molecule has 0 amide bonds. The van der Waals surface area contributed by atoms with Crippen molar-refractivity contribution >= 4 is 17.8 Å². The Morgan fingerprint density at radius 1 is 0.938 bits per heavy atom. The number of aromatic nitrogens is 1. The number of hydrogen-bond donors (Lipinski definition) is 0. The highest BCUT2D eigenvalue weighted by atomic mass is 16.5. The molecule has 0 bridgehead atoms. The van der Waals surface area contributed by atoms with Crippen molar-refractivity contribution < 1.29 is 33.3 Å². The number of carbonyl (C=O) groups is 2. The second-order valence-corrected chi connectivity index (χ2v) is 6.68. The van der Waals surface area contributed by atoms with Gasteiger partial charge in [0.1, 0.15) is 11.5 Å². The fourth-order valence-corrected chi connectivity index (χ4v) is 3.21. The van der Waals surface area contributed by atoms with Crippen molar-refractivity contribution in [2.75, 3.05) is 21.3 Å². The van der Waals surface area contributed by atoms with E-state index in [9.17, 15) is 9.59 Å². The predicted molar refractivity (Wildman–Crippen MR) is 115 cm³/mol. The molecule has 0 fully saturated rings. The Morgan fingerprint density at radius 3 is 2.25 bits per heavy atom. The molecule has 2 heterocycles. The zero-order valence-electron chi connectivity index (χ0n) is 17.6. The molecule has 2 aromatic carbocycles. The van der Waals surface area contributed by atoms with E-state index in [4.69, 9.17) is 23.7 Å². The Bertz CT molecular complexity index is 1190. The third kappa shape index (κ3) is 3.98. The number of ether oxygens (including phenoxy) is 5. The van der Waals surface area contributed by atoms with Gasteiger partial charge in [-0.15, -0.1) is 0 Å². The van der Waals surface area contributed by atoms with E-state index in [2.05, 4.69) is 4.98 Å². The number of benzene rings is 2.